The van der Waals surface area contributed by atoms with E-state index in [1.54, 1.807) is 0 Å². The van der Waals surface area contributed by atoms with E-state index in [4.69, 9.17) is 14.4 Å². The smallest absolute Gasteiger partial charge is 0.159 e. The fourth-order valence-electron chi connectivity index (χ4n) is 9.73. The molecule has 1 aliphatic carbocycles. The fraction of sp³-hybridized carbons (Fsp3) is 0.0714. The number of benzene rings is 9. The molecule has 2 heterocycles. The van der Waals surface area contributed by atoms with E-state index < -0.39 is 0 Å². The predicted molar refractivity (Wildman–Crippen MR) is 253 cm³/mol. The van der Waals surface area contributed by atoms with E-state index in [9.17, 15) is 0 Å². The molecule has 61 heavy (non-hydrogen) atoms. The van der Waals surface area contributed by atoms with Gasteiger partial charge in [-0.3, -0.25) is 0 Å². The molecule has 1 unspecified atom stereocenters. The molecule has 10 aromatic rings. The summed E-state index contributed by atoms with van der Waals surface area (Å²) in [5.74, 6) is 1.44. The lowest BCUT2D eigenvalue weighted by Crippen LogP contribution is -2.33. The topological polar surface area (TPSA) is 53.1 Å². The zero-order valence-electron chi connectivity index (χ0n) is 33.8. The second-order valence-corrected chi connectivity index (χ2v) is 16.6. The van der Waals surface area contributed by atoms with Crippen LogP contribution in [0.15, 0.2) is 209 Å². The number of rotatable bonds is 6. The molecule has 1 aromatic heterocycles. The first-order chi connectivity index (χ1) is 30.0. The average Bonchev–Trinajstić information content (AvgIpc) is 3.81. The monoisotopic (exact) mass is 784 g/mol. The minimum absolute atomic E-state index is 0.134. The maximum atomic E-state index is 6.91. The van der Waals surface area contributed by atoms with Gasteiger partial charge in [-0.25, -0.2) is 9.98 Å². The summed E-state index contributed by atoms with van der Waals surface area (Å²) in [6, 6.07) is 68.9. The van der Waals surface area contributed by atoms with Crippen molar-refractivity contribution in [3.05, 3.63) is 222 Å². The van der Waals surface area contributed by atoms with Gasteiger partial charge in [-0.05, 0) is 74.3 Å². The molecule has 0 saturated carbocycles. The summed E-state index contributed by atoms with van der Waals surface area (Å²) in [6.45, 7) is 4.64. The van der Waals surface area contributed by atoms with E-state index in [2.05, 4.69) is 200 Å². The highest BCUT2D eigenvalue weighted by molar-refractivity contribution is 6.28. The first-order valence-electron chi connectivity index (χ1n) is 20.9. The molecule has 290 valence electrons. The maximum absolute atomic E-state index is 6.91. The Morgan fingerprint density at radius 3 is 2.08 bits per heavy atom. The fourth-order valence-corrected chi connectivity index (χ4v) is 9.73. The Hall–Kier alpha value is -7.76. The van der Waals surface area contributed by atoms with Crippen LogP contribution in [0, 0.1) is 0 Å². The highest BCUT2D eigenvalue weighted by Gasteiger charge is 2.36. The SMILES string of the molecule is CC1(C)c2ccccc2-c2ccc(C3N=C(c4ccccc4)N=C(c4cccc5oc6cc(N(c7ccccc7)c7ccc8ccccc8c7)c7ccccc7c6c45)N3)cc21. The third kappa shape index (κ3) is 5.62. The minimum Gasteiger partial charge on any atom is -0.456 e. The van der Waals surface area contributed by atoms with Crippen molar-refractivity contribution in [2.24, 2.45) is 9.98 Å². The molecular weight excluding hydrogens is 745 g/mol. The summed E-state index contributed by atoms with van der Waals surface area (Å²) in [6.07, 6.45) is -0.370. The number of nitrogens with one attached hydrogen (secondary N) is 1. The zero-order valence-corrected chi connectivity index (χ0v) is 33.8. The lowest BCUT2D eigenvalue weighted by atomic mass is 9.82. The molecule has 0 bridgehead atoms. The molecule has 1 atom stereocenters. The Morgan fingerprint density at radius 2 is 1.23 bits per heavy atom. The van der Waals surface area contributed by atoms with Crippen molar-refractivity contribution in [1.29, 1.82) is 0 Å². The largest absolute Gasteiger partial charge is 0.456 e. The Labute approximate surface area is 354 Å². The molecule has 1 N–H and O–H groups in total. The molecular formula is C56H40N4O. The van der Waals surface area contributed by atoms with Crippen molar-refractivity contribution in [3.8, 4) is 11.1 Å². The van der Waals surface area contributed by atoms with Crippen molar-refractivity contribution in [3.63, 3.8) is 0 Å². The summed E-state index contributed by atoms with van der Waals surface area (Å²) in [7, 11) is 0. The van der Waals surface area contributed by atoms with Crippen LogP contribution < -0.4 is 10.2 Å². The molecule has 0 amide bonds. The third-order valence-electron chi connectivity index (χ3n) is 12.7. The second-order valence-electron chi connectivity index (χ2n) is 16.6. The van der Waals surface area contributed by atoms with E-state index in [1.165, 1.54) is 33.0 Å². The van der Waals surface area contributed by atoms with Crippen molar-refractivity contribution >= 4 is 72.2 Å². The number of amidine groups is 2. The van der Waals surface area contributed by atoms with Gasteiger partial charge in [-0.1, -0.05) is 172 Å². The van der Waals surface area contributed by atoms with E-state index in [1.807, 2.05) is 18.2 Å². The van der Waals surface area contributed by atoms with Gasteiger partial charge in [-0.2, -0.15) is 0 Å². The van der Waals surface area contributed by atoms with E-state index in [0.29, 0.717) is 5.84 Å². The highest BCUT2D eigenvalue weighted by atomic mass is 16.3. The van der Waals surface area contributed by atoms with Crippen LogP contribution in [0.1, 0.15) is 47.8 Å². The molecule has 2 aliphatic rings. The van der Waals surface area contributed by atoms with Crippen LogP contribution in [0.3, 0.4) is 0 Å². The molecule has 12 rings (SSSR count). The van der Waals surface area contributed by atoms with Crippen molar-refractivity contribution in [2.75, 3.05) is 4.90 Å². The Morgan fingerprint density at radius 1 is 0.525 bits per heavy atom. The van der Waals surface area contributed by atoms with E-state index >= 15 is 0 Å². The number of anilines is 3. The Balaban J connectivity index is 1.04. The van der Waals surface area contributed by atoms with Crippen LogP contribution in [-0.2, 0) is 5.41 Å². The quantitative estimate of drug-likeness (QED) is 0.183. The van der Waals surface area contributed by atoms with Gasteiger partial charge in [0.2, 0.25) is 0 Å². The number of fused-ring (bicyclic) bond motifs is 9. The lowest BCUT2D eigenvalue weighted by Gasteiger charge is -2.27. The maximum Gasteiger partial charge on any atom is 0.159 e. The number of furan rings is 1. The van der Waals surface area contributed by atoms with Crippen molar-refractivity contribution in [2.45, 2.75) is 25.4 Å². The zero-order chi connectivity index (χ0) is 40.7. The number of aliphatic imine (C=N–C) groups is 2. The Kier molecular flexibility index (Phi) is 7.88. The van der Waals surface area contributed by atoms with Crippen LogP contribution in [0.2, 0.25) is 0 Å². The summed E-state index contributed by atoms with van der Waals surface area (Å²) < 4.78 is 6.91. The van der Waals surface area contributed by atoms with Crippen LogP contribution in [0.4, 0.5) is 17.1 Å². The van der Waals surface area contributed by atoms with Crippen LogP contribution >= 0.6 is 0 Å². The van der Waals surface area contributed by atoms with Gasteiger partial charge >= 0.3 is 0 Å². The Bertz CT molecular complexity index is 3440. The average molecular weight is 785 g/mol. The van der Waals surface area contributed by atoms with Gasteiger partial charge in [0, 0.05) is 50.1 Å². The molecule has 5 nitrogen and oxygen atoms in total. The summed E-state index contributed by atoms with van der Waals surface area (Å²) >= 11 is 0. The van der Waals surface area contributed by atoms with Crippen LogP contribution in [0.25, 0.3) is 54.6 Å². The number of para-hydroxylation sites is 1. The lowest BCUT2D eigenvalue weighted by molar-refractivity contribution is 0.645. The first-order valence-corrected chi connectivity index (χ1v) is 20.9. The molecule has 0 spiro atoms. The van der Waals surface area contributed by atoms with Gasteiger partial charge in [0.25, 0.3) is 0 Å². The molecule has 5 heteroatoms. The van der Waals surface area contributed by atoms with Crippen molar-refractivity contribution in [1.82, 2.24) is 5.32 Å². The van der Waals surface area contributed by atoms with E-state index in [0.717, 1.165) is 72.3 Å². The highest BCUT2D eigenvalue weighted by Crippen LogP contribution is 2.50. The molecule has 9 aromatic carbocycles. The third-order valence-corrected chi connectivity index (χ3v) is 12.7. The number of hydrogen-bond acceptors (Lipinski definition) is 5. The standard InChI is InChI=1S/C56H40N4O/c1-56(2)46-26-14-13-22-41(46)42-31-29-38(33-47(42)56)54-57-53(36-17-5-3-6-18-36)58-55(59-54)45-25-15-27-49-52(45)51-44-24-12-11-23-43(44)48(34-50(51)61-49)60(39-20-7-4-8-21-39)40-30-28-35-16-9-10-19-37(35)32-40/h3-34,54H,1-2H3,(H,57,58,59). The molecule has 1 aliphatic heterocycles. The second kappa shape index (κ2) is 13.7. The van der Waals surface area contributed by atoms with Gasteiger partial charge in [-0.15, -0.1) is 0 Å². The molecule has 0 radical (unpaired) electrons. The summed E-state index contributed by atoms with van der Waals surface area (Å²) in [4.78, 5) is 12.9. The molecule has 0 saturated heterocycles. The first kappa shape index (κ1) is 35.2. The number of hydrogen-bond donors (Lipinski definition) is 1. The van der Waals surface area contributed by atoms with Gasteiger partial charge in [0.1, 0.15) is 23.2 Å². The molecule has 0 fully saturated rings. The van der Waals surface area contributed by atoms with E-state index in [-0.39, 0.29) is 11.6 Å². The van der Waals surface area contributed by atoms with Gasteiger partial charge in [0.15, 0.2) is 5.84 Å². The summed E-state index contributed by atoms with van der Waals surface area (Å²) in [5, 5.41) is 10.5. The summed E-state index contributed by atoms with van der Waals surface area (Å²) in [5.41, 5.74) is 12.9. The van der Waals surface area contributed by atoms with Gasteiger partial charge < -0.3 is 14.6 Å². The normalized spacial score (nSPS) is 15.3. The van der Waals surface area contributed by atoms with Crippen molar-refractivity contribution < 1.29 is 4.42 Å². The minimum atomic E-state index is -0.370. The predicted octanol–water partition coefficient (Wildman–Crippen LogP) is 14.2. The van der Waals surface area contributed by atoms with Crippen LogP contribution in [-0.4, -0.2) is 11.7 Å². The van der Waals surface area contributed by atoms with Crippen LogP contribution in [0.5, 0.6) is 0 Å². The number of nitrogens with zero attached hydrogens (tertiary/aromatic N) is 3. The van der Waals surface area contributed by atoms with Gasteiger partial charge in [0.05, 0.1) is 5.69 Å².